The smallest absolute Gasteiger partial charge is 0.262 e. The van der Waals surface area contributed by atoms with Crippen LogP contribution < -0.4 is 5.32 Å². The van der Waals surface area contributed by atoms with Gasteiger partial charge < -0.3 is 9.88 Å². The third-order valence-corrected chi connectivity index (χ3v) is 6.62. The summed E-state index contributed by atoms with van der Waals surface area (Å²) in [7, 11) is -3.73. The number of ketones is 1. The summed E-state index contributed by atoms with van der Waals surface area (Å²) >= 11 is 0. The molecule has 150 valence electrons. The predicted molar refractivity (Wildman–Crippen MR) is 104 cm³/mol. The molecule has 1 saturated heterocycles. The maximum absolute atomic E-state index is 12.8. The molecule has 3 rings (SSSR count). The number of Topliss-reactive ketones (excluding diaryl/α,β-unsaturated/α-hetero) is 1. The van der Waals surface area contributed by atoms with Crippen LogP contribution in [0.3, 0.4) is 0 Å². The van der Waals surface area contributed by atoms with Crippen molar-refractivity contribution in [3.8, 4) is 0 Å². The lowest BCUT2D eigenvalue weighted by Crippen LogP contribution is -2.43. The highest BCUT2D eigenvalue weighted by atomic mass is 32.2. The summed E-state index contributed by atoms with van der Waals surface area (Å²) in [6, 6.07) is 6.71. The van der Waals surface area contributed by atoms with Gasteiger partial charge in [-0.1, -0.05) is 12.1 Å². The summed E-state index contributed by atoms with van der Waals surface area (Å²) in [5, 5.41) is 2.80. The lowest BCUT2D eigenvalue weighted by atomic mass is 9.98. The second-order valence-electron chi connectivity index (χ2n) is 6.87. The number of carbonyl (C=O) groups is 2. The Morgan fingerprint density at radius 3 is 2.79 bits per heavy atom. The molecule has 1 atom stereocenters. The number of hydrogen-bond donors (Lipinski definition) is 1. The third-order valence-electron chi connectivity index (χ3n) is 4.87. The number of aromatic nitrogens is 2. The first-order chi connectivity index (χ1) is 13.3. The Hall–Kier alpha value is -2.52. The molecule has 1 aliphatic heterocycles. The van der Waals surface area contributed by atoms with Gasteiger partial charge in [-0.15, -0.1) is 0 Å². The third kappa shape index (κ3) is 4.31. The zero-order valence-electron chi connectivity index (χ0n) is 16.0. The van der Waals surface area contributed by atoms with E-state index < -0.39 is 15.9 Å². The molecule has 0 aliphatic carbocycles. The van der Waals surface area contributed by atoms with Gasteiger partial charge in [0.2, 0.25) is 5.91 Å². The van der Waals surface area contributed by atoms with Crippen LogP contribution in [0.15, 0.2) is 41.8 Å². The van der Waals surface area contributed by atoms with E-state index in [1.54, 1.807) is 28.8 Å². The topological polar surface area (TPSA) is 101 Å². The average molecular weight is 404 g/mol. The fraction of sp³-hybridized carbons (Fsp3) is 0.421. The van der Waals surface area contributed by atoms with E-state index in [9.17, 15) is 18.0 Å². The van der Waals surface area contributed by atoms with Gasteiger partial charge in [0.1, 0.15) is 0 Å². The minimum Gasteiger partial charge on any atom is -0.336 e. The number of rotatable bonds is 6. The van der Waals surface area contributed by atoms with Crippen molar-refractivity contribution < 1.29 is 18.0 Å². The number of amides is 1. The van der Waals surface area contributed by atoms with Gasteiger partial charge in [0.15, 0.2) is 10.8 Å². The minimum absolute atomic E-state index is 0.00423. The summed E-state index contributed by atoms with van der Waals surface area (Å²) in [6.45, 7) is 4.47. The summed E-state index contributed by atoms with van der Waals surface area (Å²) < 4.78 is 28.7. The van der Waals surface area contributed by atoms with Crippen molar-refractivity contribution in [3.05, 3.63) is 42.4 Å². The molecule has 0 radical (unpaired) electrons. The van der Waals surface area contributed by atoms with E-state index in [-0.39, 0.29) is 23.3 Å². The molecule has 1 fully saturated rings. The number of piperidine rings is 1. The van der Waals surface area contributed by atoms with E-state index in [0.717, 1.165) is 0 Å². The zero-order chi connectivity index (χ0) is 20.3. The number of carbonyl (C=O) groups excluding carboxylic acids is 2. The summed E-state index contributed by atoms with van der Waals surface area (Å²) in [5.41, 5.74) is 1.04. The van der Waals surface area contributed by atoms with Crippen LogP contribution in [0.25, 0.3) is 0 Å². The van der Waals surface area contributed by atoms with E-state index in [1.165, 1.54) is 23.8 Å². The molecule has 1 amide bonds. The lowest BCUT2D eigenvalue weighted by Gasteiger charge is -2.30. The SMILES string of the molecule is CCn1cnc(S(=O)(=O)N2CCC[C@@H](C(=O)Nc3cccc(C(C)=O)c3)C2)c1. The summed E-state index contributed by atoms with van der Waals surface area (Å²) in [5.74, 6) is -0.796. The lowest BCUT2D eigenvalue weighted by molar-refractivity contribution is -0.120. The van der Waals surface area contributed by atoms with E-state index in [1.807, 2.05) is 6.92 Å². The van der Waals surface area contributed by atoms with Crippen LogP contribution in [0.1, 0.15) is 37.0 Å². The molecule has 8 nitrogen and oxygen atoms in total. The number of nitrogens with zero attached hydrogens (tertiary/aromatic N) is 3. The van der Waals surface area contributed by atoms with E-state index in [2.05, 4.69) is 10.3 Å². The highest BCUT2D eigenvalue weighted by molar-refractivity contribution is 7.89. The molecule has 2 aromatic rings. The van der Waals surface area contributed by atoms with Gasteiger partial charge in [-0.05, 0) is 38.8 Å². The monoisotopic (exact) mass is 404 g/mol. The first kappa shape index (κ1) is 20.2. The molecular formula is C19H24N4O4S. The predicted octanol–water partition coefficient (Wildman–Crippen LogP) is 2.14. The molecule has 0 bridgehead atoms. The second kappa shape index (κ2) is 8.24. The molecule has 0 spiro atoms. The average Bonchev–Trinajstić information content (AvgIpc) is 3.18. The van der Waals surface area contributed by atoms with E-state index in [0.29, 0.717) is 37.2 Å². The Bertz CT molecular complexity index is 983. The number of nitrogens with one attached hydrogen (secondary N) is 1. The number of anilines is 1. The van der Waals surface area contributed by atoms with Crippen LogP contribution in [0.4, 0.5) is 5.69 Å². The largest absolute Gasteiger partial charge is 0.336 e. The number of benzene rings is 1. The van der Waals surface area contributed by atoms with Gasteiger partial charge >= 0.3 is 0 Å². The van der Waals surface area contributed by atoms with Gasteiger partial charge in [-0.3, -0.25) is 9.59 Å². The molecule has 1 N–H and O–H groups in total. The molecular weight excluding hydrogens is 380 g/mol. The Kier molecular flexibility index (Phi) is 5.95. The van der Waals surface area contributed by atoms with Crippen LogP contribution in [-0.2, 0) is 21.4 Å². The van der Waals surface area contributed by atoms with Crippen molar-refractivity contribution in [2.24, 2.45) is 5.92 Å². The number of imidazole rings is 1. The van der Waals surface area contributed by atoms with Crippen molar-refractivity contribution in [2.75, 3.05) is 18.4 Å². The van der Waals surface area contributed by atoms with Crippen LogP contribution in [-0.4, -0.2) is 47.1 Å². The molecule has 28 heavy (non-hydrogen) atoms. The Morgan fingerprint density at radius 1 is 1.32 bits per heavy atom. The highest BCUT2D eigenvalue weighted by Gasteiger charge is 2.34. The molecule has 9 heteroatoms. The fourth-order valence-electron chi connectivity index (χ4n) is 3.21. The maximum atomic E-state index is 12.8. The van der Waals surface area contributed by atoms with E-state index >= 15 is 0 Å². The normalized spacial score (nSPS) is 18.0. The van der Waals surface area contributed by atoms with Gasteiger partial charge in [0.25, 0.3) is 10.0 Å². The quantitative estimate of drug-likeness (QED) is 0.744. The Morgan fingerprint density at radius 2 is 2.11 bits per heavy atom. The summed E-state index contributed by atoms with van der Waals surface area (Å²) in [6.07, 6.45) is 4.20. The second-order valence-corrected chi connectivity index (χ2v) is 8.76. The van der Waals surface area contributed by atoms with Gasteiger partial charge in [-0.2, -0.15) is 4.31 Å². The zero-order valence-corrected chi connectivity index (χ0v) is 16.8. The standard InChI is InChI=1S/C19H24N4O4S/c1-3-22-12-18(20-13-22)28(26,27)23-9-5-7-16(11-23)19(25)21-17-8-4-6-15(10-17)14(2)24/h4,6,8,10,12-13,16H,3,5,7,9,11H2,1-2H3,(H,21,25)/t16-/m1/s1. The Labute approximate surface area is 164 Å². The van der Waals surface area contributed by atoms with Gasteiger partial charge in [0, 0.05) is 37.1 Å². The van der Waals surface area contributed by atoms with Crippen LogP contribution >= 0.6 is 0 Å². The van der Waals surface area contributed by atoms with E-state index in [4.69, 9.17) is 0 Å². The van der Waals surface area contributed by atoms with Crippen molar-refractivity contribution in [3.63, 3.8) is 0 Å². The van der Waals surface area contributed by atoms with Crippen molar-refractivity contribution in [1.29, 1.82) is 0 Å². The number of hydrogen-bond acceptors (Lipinski definition) is 5. The summed E-state index contributed by atoms with van der Waals surface area (Å²) in [4.78, 5) is 28.2. The van der Waals surface area contributed by atoms with Gasteiger partial charge in [-0.25, -0.2) is 13.4 Å². The van der Waals surface area contributed by atoms with Crippen LogP contribution in [0, 0.1) is 5.92 Å². The number of aryl methyl sites for hydroxylation is 1. The van der Waals surface area contributed by atoms with Gasteiger partial charge in [0.05, 0.1) is 12.2 Å². The fourth-order valence-corrected chi connectivity index (χ4v) is 4.67. The molecule has 0 saturated carbocycles. The van der Waals surface area contributed by atoms with Crippen molar-refractivity contribution in [2.45, 2.75) is 38.3 Å². The maximum Gasteiger partial charge on any atom is 0.262 e. The number of sulfonamides is 1. The van der Waals surface area contributed by atoms with Crippen molar-refractivity contribution >= 4 is 27.4 Å². The highest BCUT2D eigenvalue weighted by Crippen LogP contribution is 2.24. The molecule has 1 aromatic heterocycles. The minimum atomic E-state index is -3.73. The molecule has 2 heterocycles. The molecule has 0 unspecified atom stereocenters. The van der Waals surface area contributed by atoms with Crippen LogP contribution in [0.5, 0.6) is 0 Å². The Balaban J connectivity index is 1.71. The van der Waals surface area contributed by atoms with Crippen LogP contribution in [0.2, 0.25) is 0 Å². The van der Waals surface area contributed by atoms with Crippen molar-refractivity contribution in [1.82, 2.24) is 13.9 Å². The first-order valence-electron chi connectivity index (χ1n) is 9.25. The molecule has 1 aromatic carbocycles. The first-order valence-corrected chi connectivity index (χ1v) is 10.7. The molecule has 1 aliphatic rings.